The summed E-state index contributed by atoms with van der Waals surface area (Å²) in [6.07, 6.45) is 4.03. The van der Waals surface area contributed by atoms with Crippen LogP contribution in [0.2, 0.25) is 5.02 Å². The van der Waals surface area contributed by atoms with Crippen LogP contribution in [-0.2, 0) is 11.2 Å². The summed E-state index contributed by atoms with van der Waals surface area (Å²) in [6, 6.07) is 9.54. The first-order valence-electron chi connectivity index (χ1n) is 7.49. The van der Waals surface area contributed by atoms with E-state index in [1.165, 1.54) is 0 Å². The molecule has 1 aliphatic heterocycles. The van der Waals surface area contributed by atoms with Crippen LogP contribution in [0.4, 0.5) is 5.69 Å². The number of piperazine rings is 1. The van der Waals surface area contributed by atoms with Crippen molar-refractivity contribution in [3.05, 3.63) is 57.8 Å². The quantitative estimate of drug-likeness (QED) is 0.801. The highest BCUT2D eigenvalue weighted by Crippen LogP contribution is 2.20. The summed E-state index contributed by atoms with van der Waals surface area (Å²) in [5.41, 5.74) is 2.04. The van der Waals surface area contributed by atoms with Crippen LogP contribution in [0, 0.1) is 0 Å². The van der Waals surface area contributed by atoms with Crippen LogP contribution in [0.5, 0.6) is 0 Å². The molecule has 0 spiro atoms. The third-order valence-corrected chi connectivity index (χ3v) is 4.60. The van der Waals surface area contributed by atoms with Crippen LogP contribution in [0.3, 0.4) is 0 Å². The number of nitrogens with zero attached hydrogens (tertiary/aromatic N) is 3. The van der Waals surface area contributed by atoms with Gasteiger partial charge in [0.25, 0.3) is 0 Å². The summed E-state index contributed by atoms with van der Waals surface area (Å²) >= 11 is 9.41. The Labute approximate surface area is 149 Å². The first kappa shape index (κ1) is 16.3. The molecule has 0 aliphatic carbocycles. The monoisotopic (exact) mass is 393 g/mol. The molecule has 1 aliphatic rings. The number of pyridine rings is 1. The van der Waals surface area contributed by atoms with E-state index < -0.39 is 0 Å². The van der Waals surface area contributed by atoms with Crippen molar-refractivity contribution in [2.75, 3.05) is 31.1 Å². The molecule has 0 radical (unpaired) electrons. The maximum Gasteiger partial charge on any atom is 0.227 e. The highest BCUT2D eigenvalue weighted by molar-refractivity contribution is 9.10. The standard InChI is InChI=1S/C17H17BrClN3O/c18-14-10-16(12-20-11-14)21-4-6-22(7-5-21)17(23)9-13-2-1-3-15(19)8-13/h1-3,8,10-12H,4-7,9H2. The predicted molar refractivity (Wildman–Crippen MR) is 95.9 cm³/mol. The lowest BCUT2D eigenvalue weighted by Crippen LogP contribution is -2.49. The number of carbonyl (C=O) groups is 1. The molecule has 2 heterocycles. The SMILES string of the molecule is O=C(Cc1cccc(Cl)c1)N1CCN(c2cncc(Br)c2)CC1. The van der Waals surface area contributed by atoms with Gasteiger partial charge in [-0.3, -0.25) is 9.78 Å². The first-order valence-corrected chi connectivity index (χ1v) is 8.66. The van der Waals surface area contributed by atoms with Crippen molar-refractivity contribution in [1.29, 1.82) is 0 Å². The van der Waals surface area contributed by atoms with Crippen molar-refractivity contribution in [2.45, 2.75) is 6.42 Å². The number of aromatic nitrogens is 1. The van der Waals surface area contributed by atoms with E-state index in [4.69, 9.17) is 11.6 Å². The molecule has 1 aromatic heterocycles. The lowest BCUT2D eigenvalue weighted by molar-refractivity contribution is -0.130. The predicted octanol–water partition coefficient (Wildman–Crippen LogP) is 3.39. The number of amides is 1. The van der Waals surface area contributed by atoms with Crippen LogP contribution in [0.15, 0.2) is 47.2 Å². The van der Waals surface area contributed by atoms with Crippen LogP contribution in [0.1, 0.15) is 5.56 Å². The van der Waals surface area contributed by atoms with E-state index in [1.807, 2.05) is 35.4 Å². The Kier molecular flexibility index (Phi) is 5.18. The lowest BCUT2D eigenvalue weighted by atomic mass is 10.1. The van der Waals surface area contributed by atoms with E-state index in [1.54, 1.807) is 6.20 Å². The third-order valence-electron chi connectivity index (χ3n) is 3.93. The maximum absolute atomic E-state index is 12.4. The van der Waals surface area contributed by atoms with Gasteiger partial charge in [-0.05, 0) is 39.7 Å². The molecule has 4 nitrogen and oxygen atoms in total. The van der Waals surface area contributed by atoms with E-state index in [0.717, 1.165) is 41.9 Å². The van der Waals surface area contributed by atoms with Crippen molar-refractivity contribution in [2.24, 2.45) is 0 Å². The summed E-state index contributed by atoms with van der Waals surface area (Å²) in [7, 11) is 0. The second-order valence-corrected chi connectivity index (χ2v) is 6.89. The molecule has 6 heteroatoms. The highest BCUT2D eigenvalue weighted by Gasteiger charge is 2.21. The molecule has 0 unspecified atom stereocenters. The fourth-order valence-electron chi connectivity index (χ4n) is 2.72. The highest BCUT2D eigenvalue weighted by atomic mass is 79.9. The third kappa shape index (κ3) is 4.24. The lowest BCUT2D eigenvalue weighted by Gasteiger charge is -2.36. The van der Waals surface area contributed by atoms with Crippen molar-refractivity contribution in [3.63, 3.8) is 0 Å². The van der Waals surface area contributed by atoms with Gasteiger partial charge >= 0.3 is 0 Å². The molecule has 1 aromatic carbocycles. The number of carbonyl (C=O) groups excluding carboxylic acids is 1. The van der Waals surface area contributed by atoms with E-state index in [2.05, 4.69) is 31.9 Å². The Morgan fingerprint density at radius 2 is 1.96 bits per heavy atom. The van der Waals surface area contributed by atoms with Crippen LogP contribution < -0.4 is 4.90 Å². The summed E-state index contributed by atoms with van der Waals surface area (Å²) < 4.78 is 0.967. The largest absolute Gasteiger partial charge is 0.367 e. The van der Waals surface area contributed by atoms with Crippen LogP contribution in [-0.4, -0.2) is 42.0 Å². The fourth-order valence-corrected chi connectivity index (χ4v) is 3.29. The van der Waals surface area contributed by atoms with E-state index >= 15 is 0 Å². The maximum atomic E-state index is 12.4. The van der Waals surface area contributed by atoms with Crippen LogP contribution in [0.25, 0.3) is 0 Å². The number of hydrogen-bond donors (Lipinski definition) is 0. The van der Waals surface area contributed by atoms with E-state index in [9.17, 15) is 4.79 Å². The summed E-state index contributed by atoms with van der Waals surface area (Å²) in [5.74, 6) is 0.152. The molecular weight excluding hydrogens is 378 g/mol. The zero-order chi connectivity index (χ0) is 16.2. The van der Waals surface area contributed by atoms with Crippen molar-refractivity contribution in [3.8, 4) is 0 Å². The number of halogens is 2. The zero-order valence-electron chi connectivity index (χ0n) is 12.6. The average molecular weight is 395 g/mol. The van der Waals surface area contributed by atoms with Crippen molar-refractivity contribution in [1.82, 2.24) is 9.88 Å². The van der Waals surface area contributed by atoms with Gasteiger partial charge < -0.3 is 9.80 Å². The minimum atomic E-state index is 0.152. The van der Waals surface area contributed by atoms with Gasteiger partial charge in [-0.15, -0.1) is 0 Å². The number of hydrogen-bond acceptors (Lipinski definition) is 3. The molecule has 1 saturated heterocycles. The normalized spacial score (nSPS) is 14.9. The smallest absolute Gasteiger partial charge is 0.227 e. The molecule has 120 valence electrons. The van der Waals surface area contributed by atoms with E-state index in [-0.39, 0.29) is 5.91 Å². The molecule has 2 aromatic rings. The molecule has 23 heavy (non-hydrogen) atoms. The second-order valence-electron chi connectivity index (χ2n) is 5.54. The molecule has 1 amide bonds. The zero-order valence-corrected chi connectivity index (χ0v) is 14.9. The topological polar surface area (TPSA) is 36.4 Å². The number of rotatable bonds is 3. The molecule has 3 rings (SSSR count). The average Bonchev–Trinajstić information content (AvgIpc) is 2.55. The molecule has 0 N–H and O–H groups in total. The Hall–Kier alpha value is -1.59. The minimum absolute atomic E-state index is 0.152. The van der Waals surface area contributed by atoms with Crippen LogP contribution >= 0.6 is 27.5 Å². The molecule has 0 atom stereocenters. The van der Waals surface area contributed by atoms with Gasteiger partial charge in [0.1, 0.15) is 0 Å². The Morgan fingerprint density at radius 3 is 2.65 bits per heavy atom. The van der Waals surface area contributed by atoms with Crippen molar-refractivity contribution >= 4 is 39.1 Å². The fraction of sp³-hybridized carbons (Fsp3) is 0.294. The van der Waals surface area contributed by atoms with Gasteiger partial charge in [-0.1, -0.05) is 23.7 Å². The summed E-state index contributed by atoms with van der Waals surface area (Å²) in [4.78, 5) is 20.8. The molecule has 1 fully saturated rings. The first-order chi connectivity index (χ1) is 11.1. The summed E-state index contributed by atoms with van der Waals surface area (Å²) in [5, 5.41) is 0.669. The van der Waals surface area contributed by atoms with Gasteiger partial charge in [-0.2, -0.15) is 0 Å². The van der Waals surface area contributed by atoms with Crippen molar-refractivity contribution < 1.29 is 4.79 Å². The molecular formula is C17H17BrClN3O. The second kappa shape index (κ2) is 7.32. The van der Waals surface area contributed by atoms with E-state index in [0.29, 0.717) is 11.4 Å². The molecule has 0 saturated carbocycles. The Bertz CT molecular complexity index is 702. The Balaban J connectivity index is 1.57. The Morgan fingerprint density at radius 1 is 1.17 bits per heavy atom. The summed E-state index contributed by atoms with van der Waals surface area (Å²) in [6.45, 7) is 3.09. The van der Waals surface area contributed by atoms with Gasteiger partial charge in [0.2, 0.25) is 5.91 Å². The number of anilines is 1. The van der Waals surface area contributed by atoms with Gasteiger partial charge in [-0.25, -0.2) is 0 Å². The molecule has 0 bridgehead atoms. The van der Waals surface area contributed by atoms with Gasteiger partial charge in [0.05, 0.1) is 18.3 Å². The minimum Gasteiger partial charge on any atom is -0.367 e. The number of benzene rings is 1. The van der Waals surface area contributed by atoms with Gasteiger partial charge in [0.15, 0.2) is 0 Å². The van der Waals surface area contributed by atoms with Gasteiger partial charge in [0, 0.05) is 41.9 Å².